The molecule has 0 saturated heterocycles. The van der Waals surface area contributed by atoms with Crippen molar-refractivity contribution in [3.63, 3.8) is 0 Å². The van der Waals surface area contributed by atoms with Gasteiger partial charge in [-0.1, -0.05) is 17.7 Å². The van der Waals surface area contributed by atoms with Gasteiger partial charge in [0.2, 0.25) is 10.0 Å². The average molecular weight is 376 g/mol. The summed E-state index contributed by atoms with van der Waals surface area (Å²) in [7, 11) is -4.03. The van der Waals surface area contributed by atoms with Gasteiger partial charge in [0.25, 0.3) is 0 Å². The van der Waals surface area contributed by atoms with Crippen molar-refractivity contribution in [1.82, 2.24) is 10.2 Å². The van der Waals surface area contributed by atoms with E-state index < -0.39 is 21.8 Å². The molecule has 0 fully saturated rings. The number of benzene rings is 2. The number of hydrogen-bond donors (Lipinski definition) is 2. The van der Waals surface area contributed by atoms with Gasteiger partial charge in [-0.15, -0.1) is 0 Å². The summed E-state index contributed by atoms with van der Waals surface area (Å²) in [6, 6.07) is 5.66. The van der Waals surface area contributed by atoms with Crippen LogP contribution in [0.5, 0.6) is 0 Å². The first kappa shape index (κ1) is 16.7. The van der Waals surface area contributed by atoms with Crippen LogP contribution in [0, 0.1) is 0 Å². The quantitative estimate of drug-likeness (QED) is 0.717. The molecule has 0 spiro atoms. The lowest BCUT2D eigenvalue weighted by molar-refractivity contribution is -0.137. The van der Waals surface area contributed by atoms with Gasteiger partial charge in [0.15, 0.2) is 0 Å². The first-order chi connectivity index (χ1) is 11.1. The van der Waals surface area contributed by atoms with Crippen LogP contribution in [0.4, 0.5) is 13.2 Å². The van der Waals surface area contributed by atoms with E-state index in [2.05, 4.69) is 10.2 Å². The summed E-state index contributed by atoms with van der Waals surface area (Å²) in [5, 5.41) is 11.5. The Bertz CT molecular complexity index is 1050. The van der Waals surface area contributed by atoms with Crippen molar-refractivity contribution in [1.29, 1.82) is 0 Å². The monoisotopic (exact) mass is 375 g/mol. The lowest BCUT2D eigenvalue weighted by Gasteiger charge is -2.11. The summed E-state index contributed by atoms with van der Waals surface area (Å²) in [4.78, 5) is -0.302. The van der Waals surface area contributed by atoms with Crippen molar-refractivity contribution in [2.45, 2.75) is 11.1 Å². The first-order valence-corrected chi connectivity index (χ1v) is 8.37. The maximum Gasteiger partial charge on any atom is 0.416 e. The second kappa shape index (κ2) is 5.47. The van der Waals surface area contributed by atoms with Gasteiger partial charge < -0.3 is 0 Å². The minimum absolute atomic E-state index is 0.177. The second-order valence-electron chi connectivity index (χ2n) is 5.04. The van der Waals surface area contributed by atoms with Gasteiger partial charge in [-0.2, -0.15) is 18.3 Å². The van der Waals surface area contributed by atoms with Crippen LogP contribution >= 0.6 is 11.6 Å². The molecule has 1 aromatic heterocycles. The highest BCUT2D eigenvalue weighted by atomic mass is 35.5. The number of hydrogen-bond acceptors (Lipinski definition) is 3. The maximum atomic E-state index is 13.1. The third kappa shape index (κ3) is 2.97. The maximum absolute atomic E-state index is 13.1. The Morgan fingerprint density at radius 3 is 2.46 bits per heavy atom. The zero-order chi connectivity index (χ0) is 17.7. The second-order valence-corrected chi connectivity index (χ2v) is 6.98. The summed E-state index contributed by atoms with van der Waals surface area (Å²) >= 11 is 5.91. The van der Waals surface area contributed by atoms with Gasteiger partial charge in [0, 0.05) is 5.39 Å². The van der Waals surface area contributed by atoms with Gasteiger partial charge in [0.05, 0.1) is 22.3 Å². The molecule has 24 heavy (non-hydrogen) atoms. The predicted molar refractivity (Wildman–Crippen MR) is 82.9 cm³/mol. The van der Waals surface area contributed by atoms with Gasteiger partial charge >= 0.3 is 6.18 Å². The van der Waals surface area contributed by atoms with Gasteiger partial charge in [-0.3, -0.25) is 5.10 Å². The predicted octanol–water partition coefficient (Wildman–Crippen LogP) is 3.55. The largest absolute Gasteiger partial charge is 0.416 e. The molecule has 126 valence electrons. The molecule has 0 atom stereocenters. The first-order valence-electron chi connectivity index (χ1n) is 6.44. The minimum atomic E-state index is -4.54. The van der Waals surface area contributed by atoms with Crippen molar-refractivity contribution in [2.24, 2.45) is 5.14 Å². The van der Waals surface area contributed by atoms with Gasteiger partial charge in [0.1, 0.15) is 4.90 Å². The summed E-state index contributed by atoms with van der Waals surface area (Å²) in [6.45, 7) is 0. The smallest absolute Gasteiger partial charge is 0.278 e. The van der Waals surface area contributed by atoms with Crippen LogP contribution in [0.2, 0.25) is 5.02 Å². The highest BCUT2D eigenvalue weighted by Gasteiger charge is 2.32. The molecule has 0 aliphatic heterocycles. The standard InChI is InChI=1S/C14H9ClF3N3O2S/c15-11-3-7(1-2-13(11)24(19,22)23)9-4-8(14(16,17)18)5-12-10(9)6-20-21-12/h1-6H,(H,20,21)(H2,19,22,23). The minimum Gasteiger partial charge on any atom is -0.278 e. The average Bonchev–Trinajstić information content (AvgIpc) is 2.92. The number of H-pyrrole nitrogens is 1. The number of nitrogens with zero attached hydrogens (tertiary/aromatic N) is 1. The number of aromatic amines is 1. The number of alkyl halides is 3. The fraction of sp³-hybridized carbons (Fsp3) is 0.0714. The molecule has 0 unspecified atom stereocenters. The van der Waals surface area contributed by atoms with E-state index in [-0.39, 0.29) is 21.0 Å². The molecule has 0 amide bonds. The molecule has 0 bridgehead atoms. The van der Waals surface area contributed by atoms with E-state index in [0.29, 0.717) is 10.9 Å². The zero-order valence-corrected chi connectivity index (χ0v) is 13.3. The van der Waals surface area contributed by atoms with Gasteiger partial charge in [-0.25, -0.2) is 13.6 Å². The molecule has 0 radical (unpaired) electrons. The number of aromatic nitrogens is 2. The highest BCUT2D eigenvalue weighted by molar-refractivity contribution is 7.89. The Balaban J connectivity index is 2.26. The molecule has 3 aromatic rings. The number of nitrogens with one attached hydrogen (secondary N) is 1. The molecule has 3 rings (SSSR count). The van der Waals surface area contributed by atoms with Crippen LogP contribution in [-0.2, 0) is 16.2 Å². The molecule has 5 nitrogen and oxygen atoms in total. The molecule has 1 heterocycles. The lowest BCUT2D eigenvalue weighted by atomic mass is 9.99. The van der Waals surface area contributed by atoms with Crippen LogP contribution in [0.3, 0.4) is 0 Å². The molecule has 3 N–H and O–H groups in total. The van der Waals surface area contributed by atoms with Crippen LogP contribution in [0.15, 0.2) is 41.4 Å². The van der Waals surface area contributed by atoms with E-state index in [1.807, 2.05) is 0 Å². The van der Waals surface area contributed by atoms with Crippen LogP contribution in [0.25, 0.3) is 22.0 Å². The number of sulfonamides is 1. The SMILES string of the molecule is NS(=O)(=O)c1ccc(-c2cc(C(F)(F)F)cc3[nH]ncc23)cc1Cl. The van der Waals surface area contributed by atoms with Gasteiger partial charge in [-0.05, 0) is 35.4 Å². The molecule has 0 aliphatic carbocycles. The van der Waals surface area contributed by atoms with Crippen molar-refractivity contribution >= 4 is 32.5 Å². The highest BCUT2D eigenvalue weighted by Crippen LogP contribution is 2.37. The van der Waals surface area contributed by atoms with Crippen molar-refractivity contribution < 1.29 is 21.6 Å². The van der Waals surface area contributed by atoms with Crippen LogP contribution in [0.1, 0.15) is 5.56 Å². The Morgan fingerprint density at radius 1 is 1.17 bits per heavy atom. The Labute approximate surface area is 139 Å². The van der Waals surface area contributed by atoms with Crippen molar-refractivity contribution in [3.8, 4) is 11.1 Å². The number of nitrogens with two attached hydrogens (primary N) is 1. The molecule has 0 aliphatic rings. The van der Waals surface area contributed by atoms with Crippen LogP contribution < -0.4 is 5.14 Å². The Morgan fingerprint density at radius 2 is 1.88 bits per heavy atom. The molecular formula is C14H9ClF3N3O2S. The number of halogens is 4. The van der Waals surface area contributed by atoms with E-state index in [0.717, 1.165) is 18.2 Å². The van der Waals surface area contributed by atoms with E-state index in [9.17, 15) is 21.6 Å². The number of fused-ring (bicyclic) bond motifs is 1. The van der Waals surface area contributed by atoms with E-state index in [1.165, 1.54) is 18.3 Å². The Kier molecular flexibility index (Phi) is 3.82. The molecule has 2 aromatic carbocycles. The molecule has 10 heteroatoms. The van der Waals surface area contributed by atoms with Crippen molar-refractivity contribution in [3.05, 3.63) is 47.1 Å². The lowest BCUT2D eigenvalue weighted by Crippen LogP contribution is -2.12. The summed E-state index contributed by atoms with van der Waals surface area (Å²) in [6.07, 6.45) is -3.16. The fourth-order valence-electron chi connectivity index (χ4n) is 2.35. The topological polar surface area (TPSA) is 88.8 Å². The third-order valence-corrected chi connectivity index (χ3v) is 4.83. The van der Waals surface area contributed by atoms with Crippen LogP contribution in [-0.4, -0.2) is 18.6 Å². The molecule has 0 saturated carbocycles. The van der Waals surface area contributed by atoms with E-state index >= 15 is 0 Å². The van der Waals surface area contributed by atoms with Crippen molar-refractivity contribution in [2.75, 3.05) is 0 Å². The summed E-state index contributed by atoms with van der Waals surface area (Å²) < 4.78 is 62.0. The molecular weight excluding hydrogens is 367 g/mol. The summed E-state index contributed by atoms with van der Waals surface area (Å²) in [5.41, 5.74) is -0.131. The summed E-state index contributed by atoms with van der Waals surface area (Å²) in [5.74, 6) is 0. The Hall–Kier alpha value is -2.10. The van der Waals surface area contributed by atoms with E-state index in [1.54, 1.807) is 0 Å². The van der Waals surface area contributed by atoms with E-state index in [4.69, 9.17) is 16.7 Å². The third-order valence-electron chi connectivity index (χ3n) is 3.44. The zero-order valence-electron chi connectivity index (χ0n) is 11.7. The normalized spacial score (nSPS) is 12.7. The number of primary sulfonamides is 1. The fourth-order valence-corrected chi connectivity index (χ4v) is 3.44. The number of rotatable bonds is 2.